The molecule has 0 atom stereocenters. The molecule has 2 heterocycles. The van der Waals surface area contributed by atoms with Gasteiger partial charge in [0.25, 0.3) is 0 Å². The number of hydrogen-bond donors (Lipinski definition) is 1. The van der Waals surface area contributed by atoms with Crippen molar-refractivity contribution in [3.8, 4) is 0 Å². The number of benzene rings is 1. The van der Waals surface area contributed by atoms with Crippen molar-refractivity contribution in [2.45, 2.75) is 12.8 Å². The van der Waals surface area contributed by atoms with Gasteiger partial charge >= 0.3 is 0 Å². The zero-order valence-corrected chi connectivity index (χ0v) is 12.1. The van der Waals surface area contributed by atoms with Gasteiger partial charge in [-0.1, -0.05) is 30.3 Å². The van der Waals surface area contributed by atoms with E-state index in [1.54, 1.807) is 17.2 Å². The predicted molar refractivity (Wildman–Crippen MR) is 83.0 cm³/mol. The fourth-order valence-corrected chi connectivity index (χ4v) is 2.18. The molecule has 0 radical (unpaired) electrons. The third-order valence-electron chi connectivity index (χ3n) is 3.04. The summed E-state index contributed by atoms with van der Waals surface area (Å²) < 4.78 is 7.31. The van der Waals surface area contributed by atoms with Crippen LogP contribution < -0.4 is 0 Å². The smallest absolute Gasteiger partial charge is 0.216 e. The molecule has 0 saturated heterocycles. The first-order valence-corrected chi connectivity index (χ1v) is 7.02. The molecule has 106 valence electrons. The monoisotopic (exact) mass is 298 g/mol. The zero-order valence-electron chi connectivity index (χ0n) is 11.3. The summed E-state index contributed by atoms with van der Waals surface area (Å²) in [5.41, 5.74) is 1.26. The van der Waals surface area contributed by atoms with Crippen molar-refractivity contribution in [2.75, 3.05) is 0 Å². The van der Waals surface area contributed by atoms with Crippen LogP contribution in [-0.4, -0.2) is 21.1 Å². The highest BCUT2D eigenvalue weighted by Crippen LogP contribution is 2.06. The van der Waals surface area contributed by atoms with E-state index >= 15 is 0 Å². The minimum absolute atomic E-state index is 0.473. The van der Waals surface area contributed by atoms with E-state index in [1.807, 2.05) is 30.3 Å². The molecule has 0 aliphatic heterocycles. The maximum absolute atomic E-state index is 5.21. The standard InChI is InChI=1S/C15H14N4OS/c21-15-18-17-14(9-8-12-5-2-1-3-6-12)19(15)16-11-13-7-4-10-20-13/h1-7,10-11H,8-9H2,(H,18,21)/b16-11-. The summed E-state index contributed by atoms with van der Waals surface area (Å²) in [6.45, 7) is 0. The Kier molecular flexibility index (Phi) is 4.07. The third kappa shape index (κ3) is 3.35. The normalized spacial score (nSPS) is 11.2. The summed E-state index contributed by atoms with van der Waals surface area (Å²) in [5, 5.41) is 11.3. The summed E-state index contributed by atoms with van der Waals surface area (Å²) in [4.78, 5) is 0. The Balaban J connectivity index is 1.76. The van der Waals surface area contributed by atoms with Gasteiger partial charge in [0.05, 0.1) is 12.5 Å². The van der Waals surface area contributed by atoms with Gasteiger partial charge in [-0.25, -0.2) is 0 Å². The highest BCUT2D eigenvalue weighted by atomic mass is 32.1. The maximum atomic E-state index is 5.21. The van der Waals surface area contributed by atoms with Crippen molar-refractivity contribution in [3.63, 3.8) is 0 Å². The van der Waals surface area contributed by atoms with Crippen molar-refractivity contribution in [1.82, 2.24) is 14.9 Å². The quantitative estimate of drug-likeness (QED) is 0.581. The number of nitrogens with zero attached hydrogens (tertiary/aromatic N) is 3. The van der Waals surface area contributed by atoms with Crippen LogP contribution in [0.25, 0.3) is 0 Å². The van der Waals surface area contributed by atoms with Crippen LogP contribution in [0.1, 0.15) is 17.1 Å². The Hall–Kier alpha value is -2.47. The topological polar surface area (TPSA) is 59.1 Å². The number of aromatic amines is 1. The lowest BCUT2D eigenvalue weighted by Gasteiger charge is -2.01. The largest absolute Gasteiger partial charge is 0.463 e. The molecular weight excluding hydrogens is 284 g/mol. The summed E-state index contributed by atoms with van der Waals surface area (Å²) >= 11 is 5.20. The van der Waals surface area contributed by atoms with Gasteiger partial charge in [-0.05, 0) is 36.3 Å². The number of aryl methyl sites for hydroxylation is 2. The van der Waals surface area contributed by atoms with Crippen LogP contribution in [0.3, 0.4) is 0 Å². The van der Waals surface area contributed by atoms with Crippen LogP contribution in [-0.2, 0) is 12.8 Å². The van der Waals surface area contributed by atoms with Crippen LogP contribution in [0.5, 0.6) is 0 Å². The molecule has 0 aliphatic rings. The molecule has 6 heteroatoms. The molecule has 0 saturated carbocycles. The van der Waals surface area contributed by atoms with E-state index in [0.29, 0.717) is 10.5 Å². The minimum Gasteiger partial charge on any atom is -0.463 e. The molecule has 0 aliphatic carbocycles. The summed E-state index contributed by atoms with van der Waals surface area (Å²) in [5.74, 6) is 1.47. The number of rotatable bonds is 5. The number of aromatic nitrogens is 3. The molecule has 5 nitrogen and oxygen atoms in total. The van der Waals surface area contributed by atoms with Crippen LogP contribution in [0.15, 0.2) is 58.2 Å². The van der Waals surface area contributed by atoms with Gasteiger partial charge in [0, 0.05) is 6.42 Å². The summed E-state index contributed by atoms with van der Waals surface area (Å²) in [7, 11) is 0. The summed E-state index contributed by atoms with van der Waals surface area (Å²) in [6, 6.07) is 13.9. The van der Waals surface area contributed by atoms with Crippen LogP contribution in [0.4, 0.5) is 0 Å². The second-order valence-electron chi connectivity index (χ2n) is 4.50. The molecule has 0 spiro atoms. The Morgan fingerprint density at radius 3 is 2.81 bits per heavy atom. The van der Waals surface area contributed by atoms with Crippen molar-refractivity contribution in [2.24, 2.45) is 5.10 Å². The van der Waals surface area contributed by atoms with Gasteiger partial charge in [-0.15, -0.1) is 0 Å². The van der Waals surface area contributed by atoms with Crippen molar-refractivity contribution in [1.29, 1.82) is 0 Å². The van der Waals surface area contributed by atoms with Crippen molar-refractivity contribution in [3.05, 3.63) is 70.6 Å². The zero-order chi connectivity index (χ0) is 14.5. The maximum Gasteiger partial charge on any atom is 0.216 e. The van der Waals surface area contributed by atoms with E-state index in [2.05, 4.69) is 27.4 Å². The van der Waals surface area contributed by atoms with E-state index < -0.39 is 0 Å². The molecule has 0 unspecified atom stereocenters. The lowest BCUT2D eigenvalue weighted by atomic mass is 10.1. The number of nitrogens with one attached hydrogen (secondary N) is 1. The van der Waals surface area contributed by atoms with E-state index in [9.17, 15) is 0 Å². The first-order valence-electron chi connectivity index (χ1n) is 6.61. The van der Waals surface area contributed by atoms with Crippen LogP contribution in [0, 0.1) is 4.77 Å². The number of H-pyrrole nitrogens is 1. The molecule has 1 aromatic carbocycles. The van der Waals surface area contributed by atoms with Crippen LogP contribution in [0.2, 0.25) is 0 Å². The Bertz CT molecular complexity index is 772. The van der Waals surface area contributed by atoms with Gasteiger partial charge < -0.3 is 4.42 Å². The average Bonchev–Trinajstić information content (AvgIpc) is 3.14. The second kappa shape index (κ2) is 6.32. The van der Waals surface area contributed by atoms with Gasteiger partial charge in [-0.3, -0.25) is 5.10 Å². The van der Waals surface area contributed by atoms with Crippen LogP contribution >= 0.6 is 12.2 Å². The fourth-order valence-electron chi connectivity index (χ4n) is 1.99. The highest BCUT2D eigenvalue weighted by molar-refractivity contribution is 7.71. The molecule has 3 rings (SSSR count). The molecule has 0 amide bonds. The van der Waals surface area contributed by atoms with Gasteiger partial charge in [0.1, 0.15) is 5.76 Å². The Morgan fingerprint density at radius 1 is 1.19 bits per heavy atom. The van der Waals surface area contributed by atoms with Gasteiger partial charge in [0.2, 0.25) is 4.77 Å². The van der Waals surface area contributed by atoms with Crippen molar-refractivity contribution < 1.29 is 4.42 Å². The molecule has 21 heavy (non-hydrogen) atoms. The van der Waals surface area contributed by atoms with E-state index in [0.717, 1.165) is 18.7 Å². The third-order valence-corrected chi connectivity index (χ3v) is 3.31. The SMILES string of the molecule is S=c1[nH]nc(CCc2ccccc2)n1/N=C\c1ccco1. The highest BCUT2D eigenvalue weighted by Gasteiger charge is 2.05. The molecule has 2 aromatic heterocycles. The Labute approximate surface area is 126 Å². The van der Waals surface area contributed by atoms with E-state index in [1.165, 1.54) is 5.56 Å². The first kappa shape index (κ1) is 13.5. The fraction of sp³-hybridized carbons (Fsp3) is 0.133. The second-order valence-corrected chi connectivity index (χ2v) is 4.89. The average molecular weight is 298 g/mol. The number of hydrogen-bond acceptors (Lipinski definition) is 4. The Morgan fingerprint density at radius 2 is 2.05 bits per heavy atom. The van der Waals surface area contributed by atoms with Crippen molar-refractivity contribution >= 4 is 18.4 Å². The number of furan rings is 1. The molecular formula is C15H14N4OS. The lowest BCUT2D eigenvalue weighted by Crippen LogP contribution is -2.01. The summed E-state index contributed by atoms with van der Waals surface area (Å²) in [6.07, 6.45) is 4.87. The molecule has 1 N–H and O–H groups in total. The predicted octanol–water partition coefficient (Wildman–Crippen LogP) is 3.20. The lowest BCUT2D eigenvalue weighted by molar-refractivity contribution is 0.559. The van der Waals surface area contributed by atoms with Gasteiger partial charge in [0.15, 0.2) is 5.82 Å². The van der Waals surface area contributed by atoms with E-state index in [-0.39, 0.29) is 0 Å². The van der Waals surface area contributed by atoms with Gasteiger partial charge in [-0.2, -0.15) is 14.9 Å². The van der Waals surface area contributed by atoms with E-state index in [4.69, 9.17) is 16.6 Å². The molecule has 0 fully saturated rings. The minimum atomic E-state index is 0.473. The molecule has 3 aromatic rings. The molecule has 0 bridgehead atoms. The first-order chi connectivity index (χ1) is 10.3.